The number of hydrogen-bond donors (Lipinski definition) is 2. The number of quaternary nitrogens is 1. The highest BCUT2D eigenvalue weighted by Crippen LogP contribution is 2.54. The minimum atomic E-state index is 0.264. The van der Waals surface area contributed by atoms with Crippen LogP contribution in [0.3, 0.4) is 0 Å². The van der Waals surface area contributed by atoms with Crippen molar-refractivity contribution in [1.29, 1.82) is 0 Å². The highest BCUT2D eigenvalue weighted by atomic mass is 32.2. The maximum absolute atomic E-state index is 12.8. The van der Waals surface area contributed by atoms with E-state index in [2.05, 4.69) is 14.9 Å². The van der Waals surface area contributed by atoms with Crippen molar-refractivity contribution >= 4 is 28.7 Å². The molecule has 7 rings (SSSR count). The number of rotatable bonds is 4. The highest BCUT2D eigenvalue weighted by Gasteiger charge is 2.56. The molecule has 1 amide bonds. The molecule has 1 aromatic carbocycles. The van der Waals surface area contributed by atoms with Gasteiger partial charge in [-0.3, -0.25) is 4.79 Å². The Morgan fingerprint density at radius 1 is 1.10 bits per heavy atom. The van der Waals surface area contributed by atoms with E-state index in [1.165, 1.54) is 50.3 Å². The first-order chi connectivity index (χ1) is 14.2. The van der Waals surface area contributed by atoms with Crippen molar-refractivity contribution in [3.8, 4) is 0 Å². The lowest BCUT2D eigenvalue weighted by molar-refractivity contribution is -0.962. The van der Waals surface area contributed by atoms with Gasteiger partial charge in [0.05, 0.1) is 48.5 Å². The van der Waals surface area contributed by atoms with Crippen molar-refractivity contribution in [2.24, 2.45) is 17.8 Å². The summed E-state index contributed by atoms with van der Waals surface area (Å²) in [4.78, 5) is 24.6. The molecule has 154 valence electrons. The number of aromatic amines is 1. The number of fused-ring (bicyclic) bond motifs is 1. The third-order valence-corrected chi connectivity index (χ3v) is 9.07. The Hall–Kier alpha value is -1.53. The highest BCUT2D eigenvalue weighted by molar-refractivity contribution is 7.99. The number of H-pyrrole nitrogens is 1. The van der Waals surface area contributed by atoms with Crippen molar-refractivity contribution in [3.05, 3.63) is 24.3 Å². The zero-order chi connectivity index (χ0) is 19.4. The Morgan fingerprint density at radius 3 is 2.41 bits per heavy atom. The van der Waals surface area contributed by atoms with Gasteiger partial charge in [-0.05, 0) is 49.1 Å². The molecule has 0 unspecified atom stereocenters. The summed E-state index contributed by atoms with van der Waals surface area (Å²) in [6.07, 6.45) is 8.92. The van der Waals surface area contributed by atoms with E-state index >= 15 is 0 Å². The standard InChI is InChI=1S/C23H30N4OS/c28-21(15-29-22-24-19-3-1-2-4-20(19)25-22)26-5-7-27(8-6-26)23-12-16-9-17(13-23)11-18(10-16)14-23/h1-4,16-18H,5-15H2,(H,24,25)/p+1. The van der Waals surface area contributed by atoms with Gasteiger partial charge in [-0.1, -0.05) is 23.9 Å². The first kappa shape index (κ1) is 18.3. The lowest BCUT2D eigenvalue weighted by Gasteiger charge is -2.59. The second-order valence-corrected chi connectivity index (χ2v) is 11.0. The number of hydrogen-bond acceptors (Lipinski definition) is 3. The number of benzene rings is 1. The Balaban J connectivity index is 1.05. The van der Waals surface area contributed by atoms with Crippen molar-refractivity contribution in [2.45, 2.75) is 49.2 Å². The molecule has 5 fully saturated rings. The van der Waals surface area contributed by atoms with Gasteiger partial charge in [0.1, 0.15) is 0 Å². The molecule has 1 aromatic heterocycles. The molecule has 2 N–H and O–H groups in total. The van der Waals surface area contributed by atoms with Gasteiger partial charge in [0, 0.05) is 19.3 Å². The topological polar surface area (TPSA) is 53.4 Å². The summed E-state index contributed by atoms with van der Waals surface area (Å²) in [7, 11) is 0. The average molecular weight is 412 g/mol. The smallest absolute Gasteiger partial charge is 0.233 e. The van der Waals surface area contributed by atoms with E-state index in [0.717, 1.165) is 60.1 Å². The SMILES string of the molecule is O=C(CSc1nc2ccccc2[nH]1)N1CC[NH+](C23CC4CC(CC(C4)C2)C3)CC1. The summed E-state index contributed by atoms with van der Waals surface area (Å²) >= 11 is 1.53. The molecule has 4 aliphatic carbocycles. The number of nitrogens with one attached hydrogen (secondary N) is 2. The van der Waals surface area contributed by atoms with Crippen molar-refractivity contribution < 1.29 is 9.69 Å². The van der Waals surface area contributed by atoms with E-state index < -0.39 is 0 Å². The molecule has 2 heterocycles. The maximum Gasteiger partial charge on any atom is 0.233 e. The number of piperazine rings is 1. The first-order valence-electron chi connectivity index (χ1n) is 11.4. The van der Waals surface area contributed by atoms with E-state index in [4.69, 9.17) is 0 Å². The Kier molecular flexibility index (Phi) is 4.42. The molecule has 0 spiro atoms. The molecular weight excluding hydrogens is 380 g/mol. The summed E-state index contributed by atoms with van der Waals surface area (Å²) in [5, 5.41) is 0.845. The number of carbonyl (C=O) groups is 1. The molecule has 4 bridgehead atoms. The van der Waals surface area contributed by atoms with E-state index in [1.54, 1.807) is 0 Å². The van der Waals surface area contributed by atoms with Crippen molar-refractivity contribution in [2.75, 3.05) is 31.9 Å². The molecule has 5 aliphatic rings. The molecular formula is C23H31N4OS+. The van der Waals surface area contributed by atoms with E-state index in [0.29, 0.717) is 11.3 Å². The summed E-state index contributed by atoms with van der Waals surface area (Å²) in [6, 6.07) is 8.03. The molecule has 2 aromatic rings. The van der Waals surface area contributed by atoms with E-state index in [1.807, 2.05) is 29.2 Å². The Bertz CT molecular complexity index is 848. The zero-order valence-electron chi connectivity index (χ0n) is 17.0. The first-order valence-corrected chi connectivity index (χ1v) is 12.4. The maximum atomic E-state index is 12.8. The molecule has 0 radical (unpaired) electrons. The summed E-state index contributed by atoms with van der Waals surface area (Å²) < 4.78 is 0. The average Bonchev–Trinajstić information content (AvgIpc) is 3.14. The predicted molar refractivity (Wildman–Crippen MR) is 115 cm³/mol. The predicted octanol–water partition coefficient (Wildman–Crippen LogP) is 2.35. The third-order valence-electron chi connectivity index (χ3n) is 8.21. The van der Waals surface area contributed by atoms with Crippen LogP contribution < -0.4 is 4.90 Å². The van der Waals surface area contributed by atoms with Gasteiger partial charge in [0.2, 0.25) is 5.91 Å². The summed E-state index contributed by atoms with van der Waals surface area (Å²) in [5.74, 6) is 3.77. The largest absolute Gasteiger partial charge is 0.333 e. The minimum absolute atomic E-state index is 0.264. The molecule has 4 saturated carbocycles. The molecule has 5 nitrogen and oxygen atoms in total. The van der Waals surface area contributed by atoms with Crippen LogP contribution in [0.1, 0.15) is 38.5 Å². The monoisotopic (exact) mass is 411 g/mol. The van der Waals surface area contributed by atoms with Crippen LogP contribution in [0.15, 0.2) is 29.4 Å². The zero-order valence-corrected chi connectivity index (χ0v) is 17.8. The lowest BCUT2D eigenvalue weighted by atomic mass is 9.52. The van der Waals surface area contributed by atoms with Crippen LogP contribution in [0.25, 0.3) is 11.0 Å². The van der Waals surface area contributed by atoms with Crippen molar-refractivity contribution in [3.63, 3.8) is 0 Å². The van der Waals surface area contributed by atoms with Gasteiger partial charge in [0.15, 0.2) is 5.16 Å². The summed E-state index contributed by atoms with van der Waals surface area (Å²) in [5.41, 5.74) is 2.57. The summed E-state index contributed by atoms with van der Waals surface area (Å²) in [6.45, 7) is 4.15. The minimum Gasteiger partial charge on any atom is -0.333 e. The van der Waals surface area contributed by atoms with Crippen LogP contribution in [0, 0.1) is 17.8 Å². The molecule has 6 heteroatoms. The van der Waals surface area contributed by atoms with Crippen LogP contribution in [0.5, 0.6) is 0 Å². The fourth-order valence-electron chi connectivity index (χ4n) is 7.32. The number of imidazole rings is 1. The van der Waals surface area contributed by atoms with Crippen LogP contribution in [-0.4, -0.2) is 58.2 Å². The lowest BCUT2D eigenvalue weighted by Crippen LogP contribution is -3.23. The fourth-order valence-corrected chi connectivity index (χ4v) is 8.11. The third kappa shape index (κ3) is 3.28. The number of carbonyl (C=O) groups excluding carboxylic acids is 1. The van der Waals surface area contributed by atoms with Gasteiger partial charge in [-0.25, -0.2) is 4.98 Å². The van der Waals surface area contributed by atoms with Gasteiger partial charge in [-0.2, -0.15) is 0 Å². The number of amides is 1. The van der Waals surface area contributed by atoms with Crippen LogP contribution >= 0.6 is 11.8 Å². The van der Waals surface area contributed by atoms with Gasteiger partial charge in [-0.15, -0.1) is 0 Å². The number of aromatic nitrogens is 2. The van der Waals surface area contributed by atoms with Gasteiger partial charge >= 0.3 is 0 Å². The molecule has 29 heavy (non-hydrogen) atoms. The number of para-hydroxylation sites is 2. The van der Waals surface area contributed by atoms with Gasteiger partial charge < -0.3 is 14.8 Å². The Labute approximate surface area is 176 Å². The van der Waals surface area contributed by atoms with Crippen LogP contribution in [0.2, 0.25) is 0 Å². The Morgan fingerprint density at radius 2 is 1.76 bits per heavy atom. The molecule has 1 aliphatic heterocycles. The second kappa shape index (κ2) is 7.02. The molecule has 1 saturated heterocycles. The van der Waals surface area contributed by atoms with E-state index in [9.17, 15) is 4.79 Å². The van der Waals surface area contributed by atoms with E-state index in [-0.39, 0.29) is 5.91 Å². The van der Waals surface area contributed by atoms with Crippen LogP contribution in [-0.2, 0) is 4.79 Å². The quantitative estimate of drug-likeness (QED) is 0.760. The number of thioether (sulfide) groups is 1. The van der Waals surface area contributed by atoms with Gasteiger partial charge in [0.25, 0.3) is 0 Å². The second-order valence-electron chi connectivity index (χ2n) is 10.0. The fraction of sp³-hybridized carbons (Fsp3) is 0.652. The normalized spacial score (nSPS) is 34.2. The van der Waals surface area contributed by atoms with Crippen molar-refractivity contribution in [1.82, 2.24) is 14.9 Å². The number of nitrogens with zero attached hydrogens (tertiary/aromatic N) is 2. The molecule has 0 atom stereocenters. The van der Waals surface area contributed by atoms with Crippen LogP contribution in [0.4, 0.5) is 0 Å².